The number of carbonyl (C=O) groups excluding carboxylic acids is 1. The lowest BCUT2D eigenvalue weighted by Crippen LogP contribution is -2.25. The third-order valence-electron chi connectivity index (χ3n) is 2.84. The van der Waals surface area contributed by atoms with Gasteiger partial charge in [0, 0.05) is 23.7 Å². The zero-order valence-electron chi connectivity index (χ0n) is 8.90. The van der Waals surface area contributed by atoms with Crippen LogP contribution in [0.3, 0.4) is 0 Å². The quantitative estimate of drug-likeness (QED) is 0.750. The van der Waals surface area contributed by atoms with Crippen LogP contribution in [-0.4, -0.2) is 12.5 Å². The average molecular weight is 235 g/mol. The first-order valence-corrected chi connectivity index (χ1v) is 5.46. The van der Waals surface area contributed by atoms with Crippen molar-refractivity contribution in [2.45, 2.75) is 13.3 Å². The van der Waals surface area contributed by atoms with Gasteiger partial charge in [-0.15, -0.1) is 0 Å². The highest BCUT2D eigenvalue weighted by molar-refractivity contribution is 6.31. The molecule has 0 aromatic heterocycles. The molecule has 0 bridgehead atoms. The number of carbonyl (C=O) groups is 1. The predicted octanol–water partition coefficient (Wildman–Crippen LogP) is 2.52. The monoisotopic (exact) mass is 234 g/mol. The standard InChI is InChI=1S/C12H11ClN2O/c1-8-10(13)3-2-4-11(8)15-7-9(6-14)5-12(15)16/h2-4,9H,5,7H2,1H3. The van der Waals surface area contributed by atoms with E-state index >= 15 is 0 Å². The number of hydrogen-bond acceptors (Lipinski definition) is 2. The Morgan fingerprint density at radius 2 is 2.31 bits per heavy atom. The zero-order valence-corrected chi connectivity index (χ0v) is 9.66. The van der Waals surface area contributed by atoms with Crippen molar-refractivity contribution < 1.29 is 4.79 Å². The van der Waals surface area contributed by atoms with Crippen LogP contribution in [0.2, 0.25) is 5.02 Å². The lowest BCUT2D eigenvalue weighted by molar-refractivity contribution is -0.117. The van der Waals surface area contributed by atoms with Crippen LogP contribution in [0.25, 0.3) is 0 Å². The first-order chi connectivity index (χ1) is 7.63. The molecule has 1 aromatic rings. The fourth-order valence-electron chi connectivity index (χ4n) is 1.92. The molecular formula is C12H11ClN2O. The van der Waals surface area contributed by atoms with Crippen molar-refractivity contribution in [3.05, 3.63) is 28.8 Å². The van der Waals surface area contributed by atoms with Crippen LogP contribution in [0.1, 0.15) is 12.0 Å². The van der Waals surface area contributed by atoms with E-state index in [0.717, 1.165) is 11.3 Å². The van der Waals surface area contributed by atoms with Crippen molar-refractivity contribution in [1.82, 2.24) is 0 Å². The van der Waals surface area contributed by atoms with E-state index in [4.69, 9.17) is 16.9 Å². The molecule has 2 rings (SSSR count). The van der Waals surface area contributed by atoms with Crippen LogP contribution in [-0.2, 0) is 4.79 Å². The molecule has 1 heterocycles. The van der Waals surface area contributed by atoms with Crippen LogP contribution in [0.4, 0.5) is 5.69 Å². The third kappa shape index (κ3) is 1.77. The van der Waals surface area contributed by atoms with Gasteiger partial charge in [-0.2, -0.15) is 5.26 Å². The van der Waals surface area contributed by atoms with E-state index in [1.54, 1.807) is 11.0 Å². The minimum absolute atomic E-state index is 0.00285. The van der Waals surface area contributed by atoms with Gasteiger partial charge in [0.15, 0.2) is 0 Å². The second-order valence-corrected chi connectivity index (χ2v) is 4.33. The molecule has 0 spiro atoms. The Balaban J connectivity index is 2.36. The number of hydrogen-bond donors (Lipinski definition) is 0. The number of nitriles is 1. The number of rotatable bonds is 1. The maximum absolute atomic E-state index is 11.7. The zero-order chi connectivity index (χ0) is 11.7. The van der Waals surface area contributed by atoms with Gasteiger partial charge in [0.25, 0.3) is 0 Å². The minimum Gasteiger partial charge on any atom is -0.311 e. The molecule has 1 fully saturated rings. The fourth-order valence-corrected chi connectivity index (χ4v) is 2.08. The van der Waals surface area contributed by atoms with Crippen LogP contribution in [0.15, 0.2) is 18.2 Å². The Kier molecular flexibility index (Phi) is 2.84. The predicted molar refractivity (Wildman–Crippen MR) is 62.3 cm³/mol. The highest BCUT2D eigenvalue weighted by Crippen LogP contribution is 2.30. The van der Waals surface area contributed by atoms with Gasteiger partial charge in [-0.05, 0) is 24.6 Å². The first-order valence-electron chi connectivity index (χ1n) is 5.08. The SMILES string of the molecule is Cc1c(Cl)cccc1N1CC(C#N)CC1=O. The van der Waals surface area contributed by atoms with E-state index in [-0.39, 0.29) is 11.8 Å². The van der Waals surface area contributed by atoms with Gasteiger partial charge >= 0.3 is 0 Å². The topological polar surface area (TPSA) is 44.1 Å². The minimum atomic E-state index is -0.203. The second kappa shape index (κ2) is 4.15. The summed E-state index contributed by atoms with van der Waals surface area (Å²) >= 11 is 6.01. The average Bonchev–Trinajstić information content (AvgIpc) is 2.64. The molecule has 82 valence electrons. The van der Waals surface area contributed by atoms with E-state index in [1.807, 2.05) is 19.1 Å². The van der Waals surface area contributed by atoms with Crippen LogP contribution in [0, 0.1) is 24.2 Å². The molecule has 0 saturated carbocycles. The van der Waals surface area contributed by atoms with Gasteiger partial charge < -0.3 is 4.90 Å². The lowest BCUT2D eigenvalue weighted by Gasteiger charge is -2.18. The number of anilines is 1. The van der Waals surface area contributed by atoms with Gasteiger partial charge in [-0.25, -0.2) is 0 Å². The normalized spacial score (nSPS) is 19.9. The Morgan fingerprint density at radius 3 is 2.94 bits per heavy atom. The summed E-state index contributed by atoms with van der Waals surface area (Å²) in [6.07, 6.45) is 0.308. The molecule has 0 aliphatic carbocycles. The number of benzene rings is 1. The van der Waals surface area contributed by atoms with Crippen molar-refractivity contribution in [3.8, 4) is 6.07 Å². The Labute approximate surface area is 99.2 Å². The lowest BCUT2D eigenvalue weighted by atomic mass is 10.1. The summed E-state index contributed by atoms with van der Waals surface area (Å²) < 4.78 is 0. The van der Waals surface area contributed by atoms with Crippen molar-refractivity contribution in [3.63, 3.8) is 0 Å². The third-order valence-corrected chi connectivity index (χ3v) is 3.25. The van der Waals surface area contributed by atoms with Crippen molar-refractivity contribution in [2.75, 3.05) is 11.4 Å². The van der Waals surface area contributed by atoms with Gasteiger partial charge in [-0.1, -0.05) is 17.7 Å². The summed E-state index contributed by atoms with van der Waals surface area (Å²) in [5, 5.41) is 9.46. The Hall–Kier alpha value is -1.53. The molecule has 3 nitrogen and oxygen atoms in total. The van der Waals surface area contributed by atoms with Crippen LogP contribution < -0.4 is 4.90 Å². The van der Waals surface area contributed by atoms with Gasteiger partial charge in [0.2, 0.25) is 5.91 Å². The summed E-state index contributed by atoms with van der Waals surface area (Å²) in [7, 11) is 0. The van der Waals surface area contributed by atoms with E-state index in [0.29, 0.717) is 18.0 Å². The summed E-state index contributed by atoms with van der Waals surface area (Å²) in [5.74, 6) is -0.206. The van der Waals surface area contributed by atoms with Crippen LogP contribution >= 0.6 is 11.6 Å². The van der Waals surface area contributed by atoms with E-state index in [2.05, 4.69) is 6.07 Å². The van der Waals surface area contributed by atoms with E-state index in [1.165, 1.54) is 0 Å². The maximum Gasteiger partial charge on any atom is 0.228 e. The summed E-state index contributed by atoms with van der Waals surface area (Å²) in [6, 6.07) is 7.60. The molecule has 1 amide bonds. The van der Waals surface area contributed by atoms with Crippen LogP contribution in [0.5, 0.6) is 0 Å². The molecule has 4 heteroatoms. The van der Waals surface area contributed by atoms with Gasteiger partial charge in [0.05, 0.1) is 12.0 Å². The van der Waals surface area contributed by atoms with Crippen molar-refractivity contribution in [2.24, 2.45) is 5.92 Å². The molecule has 16 heavy (non-hydrogen) atoms. The van der Waals surface area contributed by atoms with Gasteiger partial charge in [0.1, 0.15) is 0 Å². The molecule has 1 aromatic carbocycles. The highest BCUT2D eigenvalue weighted by atomic mass is 35.5. The van der Waals surface area contributed by atoms with E-state index in [9.17, 15) is 4.79 Å². The first kappa shape index (κ1) is 11.0. The molecule has 0 N–H and O–H groups in total. The van der Waals surface area contributed by atoms with Gasteiger partial charge in [-0.3, -0.25) is 4.79 Å². The molecule has 0 radical (unpaired) electrons. The number of amides is 1. The number of halogens is 1. The summed E-state index contributed by atoms with van der Waals surface area (Å²) in [5.41, 5.74) is 1.70. The second-order valence-electron chi connectivity index (χ2n) is 3.92. The Morgan fingerprint density at radius 1 is 1.56 bits per heavy atom. The molecule has 1 atom stereocenters. The largest absolute Gasteiger partial charge is 0.311 e. The molecule has 1 aliphatic rings. The fraction of sp³-hybridized carbons (Fsp3) is 0.333. The summed E-state index contributed by atoms with van der Waals surface area (Å²) in [4.78, 5) is 13.4. The molecule has 1 unspecified atom stereocenters. The van der Waals surface area contributed by atoms with E-state index < -0.39 is 0 Å². The van der Waals surface area contributed by atoms with Crippen molar-refractivity contribution >= 4 is 23.2 Å². The maximum atomic E-state index is 11.7. The summed E-state index contributed by atoms with van der Waals surface area (Å²) in [6.45, 7) is 2.35. The smallest absolute Gasteiger partial charge is 0.228 e. The molecular weight excluding hydrogens is 224 g/mol. The van der Waals surface area contributed by atoms with Crippen molar-refractivity contribution in [1.29, 1.82) is 5.26 Å². The number of nitrogens with zero attached hydrogens (tertiary/aromatic N) is 2. The Bertz CT molecular complexity index is 478. The highest BCUT2D eigenvalue weighted by Gasteiger charge is 2.31. The molecule has 1 aliphatic heterocycles. The molecule has 1 saturated heterocycles.